The first-order valence-corrected chi connectivity index (χ1v) is 4.96. The molecule has 1 aliphatic carbocycles. The van der Waals surface area contributed by atoms with Crippen LogP contribution in [0.1, 0.15) is 25.7 Å². The lowest BCUT2D eigenvalue weighted by Gasteiger charge is -2.41. The number of hydrogen-bond acceptors (Lipinski definition) is 3. The lowest BCUT2D eigenvalue weighted by atomic mass is 9.79. The van der Waals surface area contributed by atoms with E-state index in [1.807, 2.05) is 14.1 Å². The van der Waals surface area contributed by atoms with Crippen LogP contribution in [0, 0.1) is 0 Å². The molecule has 0 heterocycles. The molecular weight excluding hydrogens is 182 g/mol. The van der Waals surface area contributed by atoms with E-state index >= 15 is 0 Å². The van der Waals surface area contributed by atoms with E-state index in [4.69, 9.17) is 4.74 Å². The van der Waals surface area contributed by atoms with Crippen LogP contribution in [-0.4, -0.2) is 48.8 Å². The van der Waals surface area contributed by atoms with Crippen LogP contribution < -0.4 is 0 Å². The van der Waals surface area contributed by atoms with Crippen molar-refractivity contribution in [2.45, 2.75) is 37.3 Å². The number of rotatable bonds is 3. The number of aliphatic carboxylic acids is 1. The topological polar surface area (TPSA) is 49.8 Å². The van der Waals surface area contributed by atoms with Crippen molar-refractivity contribution in [3.8, 4) is 0 Å². The Bertz CT molecular complexity index is 217. The number of methoxy groups -OCH3 is 1. The van der Waals surface area contributed by atoms with Gasteiger partial charge in [-0.2, -0.15) is 0 Å². The summed E-state index contributed by atoms with van der Waals surface area (Å²) in [5.41, 5.74) is -0.723. The zero-order valence-corrected chi connectivity index (χ0v) is 9.12. The van der Waals surface area contributed by atoms with Gasteiger partial charge in [-0.05, 0) is 33.4 Å². The summed E-state index contributed by atoms with van der Waals surface area (Å²) in [6.07, 6.45) is 3.28. The molecule has 1 aliphatic rings. The van der Waals surface area contributed by atoms with E-state index in [9.17, 15) is 9.90 Å². The molecular formula is C10H19NO3. The fourth-order valence-corrected chi connectivity index (χ4v) is 2.20. The second-order valence-electron chi connectivity index (χ2n) is 4.19. The Morgan fingerprint density at radius 3 is 2.64 bits per heavy atom. The Balaban J connectivity index is 2.82. The van der Waals surface area contributed by atoms with Gasteiger partial charge in [0.05, 0.1) is 6.10 Å². The fourth-order valence-electron chi connectivity index (χ4n) is 2.20. The lowest BCUT2D eigenvalue weighted by Crippen LogP contribution is -2.55. The molecule has 82 valence electrons. The van der Waals surface area contributed by atoms with Crippen molar-refractivity contribution in [3.05, 3.63) is 0 Å². The standard InChI is InChI=1S/C10H19NO3/c1-11(2)10(9(12)13)6-4-5-8(7-10)14-3/h8H,4-7H2,1-3H3,(H,12,13). The second-order valence-corrected chi connectivity index (χ2v) is 4.19. The Kier molecular flexibility index (Phi) is 3.50. The smallest absolute Gasteiger partial charge is 0.324 e. The third-order valence-electron chi connectivity index (χ3n) is 3.27. The van der Waals surface area contributed by atoms with E-state index in [0.29, 0.717) is 6.42 Å². The molecule has 0 amide bonds. The maximum atomic E-state index is 11.3. The highest BCUT2D eigenvalue weighted by Crippen LogP contribution is 2.33. The van der Waals surface area contributed by atoms with Crippen LogP contribution in [0.4, 0.5) is 0 Å². The summed E-state index contributed by atoms with van der Waals surface area (Å²) in [4.78, 5) is 13.1. The molecule has 0 aromatic carbocycles. The van der Waals surface area contributed by atoms with E-state index in [0.717, 1.165) is 19.3 Å². The second kappa shape index (κ2) is 4.28. The van der Waals surface area contributed by atoms with Gasteiger partial charge in [0, 0.05) is 13.5 Å². The van der Waals surface area contributed by atoms with Crippen LogP contribution in [0.25, 0.3) is 0 Å². The lowest BCUT2D eigenvalue weighted by molar-refractivity contribution is -0.155. The maximum Gasteiger partial charge on any atom is 0.324 e. The van der Waals surface area contributed by atoms with Gasteiger partial charge in [0.25, 0.3) is 0 Å². The minimum absolute atomic E-state index is 0.0854. The fraction of sp³-hybridized carbons (Fsp3) is 0.900. The number of likely N-dealkylation sites (N-methyl/N-ethyl adjacent to an activating group) is 1. The van der Waals surface area contributed by atoms with Gasteiger partial charge in [-0.25, -0.2) is 0 Å². The van der Waals surface area contributed by atoms with Gasteiger partial charge in [0.2, 0.25) is 0 Å². The molecule has 1 rings (SSSR count). The SMILES string of the molecule is COC1CCCC(C(=O)O)(N(C)C)C1. The van der Waals surface area contributed by atoms with Crippen molar-refractivity contribution in [1.29, 1.82) is 0 Å². The van der Waals surface area contributed by atoms with Crippen LogP contribution in [-0.2, 0) is 9.53 Å². The Hall–Kier alpha value is -0.610. The molecule has 4 heteroatoms. The van der Waals surface area contributed by atoms with Gasteiger partial charge in [0.15, 0.2) is 0 Å². The van der Waals surface area contributed by atoms with E-state index in [2.05, 4.69) is 0 Å². The van der Waals surface area contributed by atoms with Crippen molar-refractivity contribution in [2.24, 2.45) is 0 Å². The van der Waals surface area contributed by atoms with Crippen molar-refractivity contribution in [2.75, 3.05) is 21.2 Å². The van der Waals surface area contributed by atoms with Crippen molar-refractivity contribution in [3.63, 3.8) is 0 Å². The van der Waals surface area contributed by atoms with Crippen molar-refractivity contribution >= 4 is 5.97 Å². The van der Waals surface area contributed by atoms with Crippen molar-refractivity contribution < 1.29 is 14.6 Å². The van der Waals surface area contributed by atoms with Gasteiger partial charge in [-0.1, -0.05) is 0 Å². The Labute approximate surface area is 84.8 Å². The number of carboxylic acids is 1. The number of carbonyl (C=O) groups is 1. The zero-order valence-electron chi connectivity index (χ0n) is 9.12. The molecule has 0 aromatic heterocycles. The average molecular weight is 201 g/mol. The first kappa shape index (κ1) is 11.5. The van der Waals surface area contributed by atoms with Crippen LogP contribution in [0.15, 0.2) is 0 Å². The molecule has 0 bridgehead atoms. The Morgan fingerprint density at radius 2 is 2.21 bits per heavy atom. The predicted molar refractivity (Wildman–Crippen MR) is 53.3 cm³/mol. The monoisotopic (exact) mass is 201 g/mol. The molecule has 1 N–H and O–H groups in total. The highest BCUT2D eigenvalue weighted by molar-refractivity contribution is 5.79. The number of carboxylic acid groups (broad SMARTS) is 1. The molecule has 0 aliphatic heterocycles. The van der Waals surface area contributed by atoms with Gasteiger partial charge >= 0.3 is 5.97 Å². The highest BCUT2D eigenvalue weighted by atomic mass is 16.5. The summed E-state index contributed by atoms with van der Waals surface area (Å²) in [5, 5.41) is 9.28. The van der Waals surface area contributed by atoms with Crippen LogP contribution in [0.3, 0.4) is 0 Å². The molecule has 1 fully saturated rings. The molecule has 2 unspecified atom stereocenters. The summed E-state index contributed by atoms with van der Waals surface area (Å²) in [7, 11) is 5.30. The number of ether oxygens (including phenoxy) is 1. The van der Waals surface area contributed by atoms with Gasteiger partial charge in [-0.15, -0.1) is 0 Å². The maximum absolute atomic E-state index is 11.3. The number of hydrogen-bond donors (Lipinski definition) is 1. The molecule has 0 radical (unpaired) electrons. The molecule has 0 spiro atoms. The first-order valence-electron chi connectivity index (χ1n) is 4.96. The third-order valence-corrected chi connectivity index (χ3v) is 3.27. The first-order chi connectivity index (χ1) is 6.53. The van der Waals surface area contributed by atoms with Crippen molar-refractivity contribution in [1.82, 2.24) is 4.90 Å². The van der Waals surface area contributed by atoms with Crippen LogP contribution >= 0.6 is 0 Å². The normalized spacial score (nSPS) is 33.3. The van der Waals surface area contributed by atoms with E-state index < -0.39 is 11.5 Å². The van der Waals surface area contributed by atoms with E-state index in [-0.39, 0.29) is 6.10 Å². The quantitative estimate of drug-likeness (QED) is 0.739. The molecule has 1 saturated carbocycles. The Morgan fingerprint density at radius 1 is 1.57 bits per heavy atom. The van der Waals surface area contributed by atoms with Gasteiger partial charge in [0.1, 0.15) is 5.54 Å². The van der Waals surface area contributed by atoms with Gasteiger partial charge < -0.3 is 9.84 Å². The van der Waals surface area contributed by atoms with E-state index in [1.54, 1.807) is 12.0 Å². The summed E-state index contributed by atoms with van der Waals surface area (Å²) in [6.45, 7) is 0. The summed E-state index contributed by atoms with van der Waals surface area (Å²) in [6, 6.07) is 0. The predicted octanol–water partition coefficient (Wildman–Crippen LogP) is 0.960. The largest absolute Gasteiger partial charge is 0.480 e. The molecule has 0 aromatic rings. The summed E-state index contributed by atoms with van der Waals surface area (Å²) in [5.74, 6) is -0.732. The molecule has 4 nitrogen and oxygen atoms in total. The van der Waals surface area contributed by atoms with Crippen LogP contribution in [0.2, 0.25) is 0 Å². The van der Waals surface area contributed by atoms with E-state index in [1.165, 1.54) is 0 Å². The zero-order chi connectivity index (χ0) is 10.8. The molecule has 0 saturated heterocycles. The highest BCUT2D eigenvalue weighted by Gasteiger charge is 2.44. The number of nitrogens with zero attached hydrogens (tertiary/aromatic N) is 1. The average Bonchev–Trinajstić information content (AvgIpc) is 2.17. The summed E-state index contributed by atoms with van der Waals surface area (Å²) >= 11 is 0. The minimum Gasteiger partial charge on any atom is -0.480 e. The molecule has 14 heavy (non-hydrogen) atoms. The van der Waals surface area contributed by atoms with Gasteiger partial charge in [-0.3, -0.25) is 9.69 Å². The minimum atomic E-state index is -0.732. The van der Waals surface area contributed by atoms with Crippen LogP contribution in [0.5, 0.6) is 0 Å². The third kappa shape index (κ3) is 1.91. The summed E-state index contributed by atoms with van der Waals surface area (Å²) < 4.78 is 5.26. The molecule has 2 atom stereocenters.